The first-order valence-corrected chi connectivity index (χ1v) is 3.96. The lowest BCUT2D eigenvalue weighted by molar-refractivity contribution is -0.643. The highest BCUT2D eigenvalue weighted by molar-refractivity contribution is 5.75. The minimum Gasteiger partial charge on any atom is -0.613 e. The van der Waals surface area contributed by atoms with Gasteiger partial charge in [-0.3, -0.25) is 10.1 Å². The lowest BCUT2D eigenvalue weighted by Gasteiger charge is -2.00. The van der Waals surface area contributed by atoms with E-state index in [-0.39, 0.29) is 0 Å². The zero-order chi connectivity index (χ0) is 10.1. The Kier molecular flexibility index (Phi) is 1.78. The Hall–Kier alpha value is -2.17. The van der Waals surface area contributed by atoms with E-state index in [1.165, 1.54) is 6.07 Å². The van der Waals surface area contributed by atoms with E-state index in [0.29, 0.717) is 15.6 Å². The van der Waals surface area contributed by atoms with Gasteiger partial charge in [0.15, 0.2) is 0 Å². The van der Waals surface area contributed by atoms with Crippen LogP contribution in [0.2, 0.25) is 0 Å². The molecule has 0 spiro atoms. The van der Waals surface area contributed by atoms with E-state index in [4.69, 9.17) is 0 Å². The maximum atomic E-state index is 11.4. The molecule has 5 nitrogen and oxygen atoms in total. The first-order valence-electron chi connectivity index (χ1n) is 3.96. The van der Waals surface area contributed by atoms with Crippen molar-refractivity contribution in [2.24, 2.45) is 0 Å². The van der Waals surface area contributed by atoms with Crippen molar-refractivity contribution in [3.05, 3.63) is 51.7 Å². The van der Waals surface area contributed by atoms with Crippen LogP contribution in [-0.4, -0.2) is 4.92 Å². The van der Waals surface area contributed by atoms with Crippen LogP contribution in [0.5, 0.6) is 0 Å². The third-order valence-electron chi connectivity index (χ3n) is 1.96. The van der Waals surface area contributed by atoms with Crippen molar-refractivity contribution in [1.82, 2.24) is 0 Å². The summed E-state index contributed by atoms with van der Waals surface area (Å²) < 4.78 is 0.329. The minimum absolute atomic E-state index is 0.307. The maximum absolute atomic E-state index is 11.4. The van der Waals surface area contributed by atoms with E-state index in [2.05, 4.69) is 0 Å². The Morgan fingerprint density at radius 1 is 1.14 bits per heavy atom. The standard InChI is InChI=1S/C9H6N2O3/c12-10-8-4-2-1-3-7(8)5-6-9(10)11(13)14/h1-6H. The molecule has 0 radical (unpaired) electrons. The van der Waals surface area contributed by atoms with E-state index in [1.807, 2.05) is 0 Å². The van der Waals surface area contributed by atoms with Crippen LogP contribution in [0.4, 0.5) is 5.82 Å². The molecule has 0 atom stereocenters. The van der Waals surface area contributed by atoms with Gasteiger partial charge in [-0.25, -0.2) is 0 Å². The second-order valence-corrected chi connectivity index (χ2v) is 2.80. The lowest BCUT2D eigenvalue weighted by Crippen LogP contribution is -2.30. The van der Waals surface area contributed by atoms with Gasteiger partial charge in [0.25, 0.3) is 0 Å². The molecule has 0 amide bonds. The molecule has 0 aliphatic rings. The summed E-state index contributed by atoms with van der Waals surface area (Å²) >= 11 is 0. The fourth-order valence-electron chi connectivity index (χ4n) is 1.30. The number of nitro groups is 1. The zero-order valence-corrected chi connectivity index (χ0v) is 7.08. The van der Waals surface area contributed by atoms with Crippen LogP contribution in [0.1, 0.15) is 0 Å². The average Bonchev–Trinajstić information content (AvgIpc) is 2.18. The summed E-state index contributed by atoms with van der Waals surface area (Å²) in [5.74, 6) is -0.455. The summed E-state index contributed by atoms with van der Waals surface area (Å²) in [6.07, 6.45) is 0. The number of nitrogens with zero attached hydrogens (tertiary/aromatic N) is 2. The molecule has 0 N–H and O–H groups in total. The number of rotatable bonds is 1. The molecule has 14 heavy (non-hydrogen) atoms. The normalized spacial score (nSPS) is 10.3. The smallest absolute Gasteiger partial charge is 0.513 e. The van der Waals surface area contributed by atoms with E-state index < -0.39 is 10.7 Å². The van der Waals surface area contributed by atoms with Crippen molar-refractivity contribution in [3.8, 4) is 0 Å². The van der Waals surface area contributed by atoms with Gasteiger partial charge in [0.1, 0.15) is 4.92 Å². The van der Waals surface area contributed by atoms with Crippen molar-refractivity contribution in [2.75, 3.05) is 0 Å². The number of hydrogen-bond acceptors (Lipinski definition) is 3. The van der Waals surface area contributed by atoms with Gasteiger partial charge in [-0.2, -0.15) is 0 Å². The van der Waals surface area contributed by atoms with Gasteiger partial charge in [-0.05, 0) is 12.1 Å². The largest absolute Gasteiger partial charge is 0.613 e. The molecule has 2 rings (SSSR count). The summed E-state index contributed by atoms with van der Waals surface area (Å²) in [4.78, 5) is 9.76. The molecular weight excluding hydrogens is 184 g/mol. The summed E-state index contributed by atoms with van der Waals surface area (Å²) in [6.45, 7) is 0. The Bertz CT molecular complexity index is 510. The molecule has 1 heterocycles. The highest BCUT2D eigenvalue weighted by Crippen LogP contribution is 2.13. The zero-order valence-electron chi connectivity index (χ0n) is 7.08. The van der Waals surface area contributed by atoms with Crippen molar-refractivity contribution >= 4 is 16.7 Å². The van der Waals surface area contributed by atoms with Gasteiger partial charge in [0.05, 0.1) is 6.07 Å². The summed E-state index contributed by atoms with van der Waals surface area (Å²) in [5, 5.41) is 22.6. The second-order valence-electron chi connectivity index (χ2n) is 2.80. The predicted molar refractivity (Wildman–Crippen MR) is 49.6 cm³/mol. The Balaban J connectivity index is 2.81. The molecule has 0 saturated heterocycles. The van der Waals surface area contributed by atoms with E-state index >= 15 is 0 Å². The average molecular weight is 190 g/mol. The van der Waals surface area contributed by atoms with Crippen LogP contribution in [-0.2, 0) is 0 Å². The molecule has 0 aliphatic heterocycles. The van der Waals surface area contributed by atoms with Crippen LogP contribution >= 0.6 is 0 Å². The molecule has 5 heteroatoms. The van der Waals surface area contributed by atoms with E-state index in [1.54, 1.807) is 30.3 Å². The van der Waals surface area contributed by atoms with Crippen molar-refractivity contribution < 1.29 is 9.65 Å². The van der Waals surface area contributed by atoms with Gasteiger partial charge in [0.2, 0.25) is 5.52 Å². The number of hydrogen-bond donors (Lipinski definition) is 0. The van der Waals surface area contributed by atoms with Crippen LogP contribution in [0.25, 0.3) is 10.9 Å². The van der Waals surface area contributed by atoms with Gasteiger partial charge < -0.3 is 5.21 Å². The van der Waals surface area contributed by atoms with Crippen molar-refractivity contribution in [2.45, 2.75) is 0 Å². The lowest BCUT2D eigenvalue weighted by atomic mass is 10.2. The summed E-state index contributed by atoms with van der Waals surface area (Å²) in [6, 6.07) is 9.48. The SMILES string of the molecule is O=[N+]([O-])c1ccc2ccccc2[n+]1[O-]. The molecule has 1 aromatic heterocycles. The fourth-order valence-corrected chi connectivity index (χ4v) is 1.30. The molecule has 0 bridgehead atoms. The van der Waals surface area contributed by atoms with E-state index in [0.717, 1.165) is 0 Å². The third-order valence-corrected chi connectivity index (χ3v) is 1.96. The minimum atomic E-state index is -0.695. The van der Waals surface area contributed by atoms with Crippen LogP contribution in [0.15, 0.2) is 36.4 Å². The quantitative estimate of drug-likeness (QED) is 0.295. The highest BCUT2D eigenvalue weighted by atomic mass is 16.6. The summed E-state index contributed by atoms with van der Waals surface area (Å²) in [5.41, 5.74) is 0.307. The van der Waals surface area contributed by atoms with Gasteiger partial charge in [0, 0.05) is 11.5 Å². The number of fused-ring (bicyclic) bond motifs is 1. The topological polar surface area (TPSA) is 70.1 Å². The Labute approximate surface area is 78.9 Å². The molecule has 0 saturated carbocycles. The van der Waals surface area contributed by atoms with Crippen molar-refractivity contribution in [3.63, 3.8) is 0 Å². The molecule has 1 aromatic carbocycles. The number of para-hydroxylation sites is 1. The van der Waals surface area contributed by atoms with Crippen LogP contribution < -0.4 is 4.73 Å². The maximum Gasteiger partial charge on any atom is 0.513 e. The number of pyridine rings is 1. The number of benzene rings is 1. The highest BCUT2D eigenvalue weighted by Gasteiger charge is 2.19. The first kappa shape index (κ1) is 8.43. The number of aromatic nitrogens is 1. The van der Waals surface area contributed by atoms with E-state index in [9.17, 15) is 15.3 Å². The molecule has 70 valence electrons. The Morgan fingerprint density at radius 3 is 2.57 bits per heavy atom. The monoisotopic (exact) mass is 190 g/mol. The molecular formula is C9H6N2O3. The first-order chi connectivity index (χ1) is 6.70. The molecule has 2 aromatic rings. The Morgan fingerprint density at radius 2 is 1.86 bits per heavy atom. The molecule has 0 aliphatic carbocycles. The second kappa shape index (κ2) is 2.95. The van der Waals surface area contributed by atoms with Crippen LogP contribution in [0.3, 0.4) is 0 Å². The third kappa shape index (κ3) is 1.15. The summed E-state index contributed by atoms with van der Waals surface area (Å²) in [7, 11) is 0. The van der Waals surface area contributed by atoms with Crippen LogP contribution in [0, 0.1) is 15.3 Å². The van der Waals surface area contributed by atoms with Crippen molar-refractivity contribution in [1.29, 1.82) is 0 Å². The van der Waals surface area contributed by atoms with Gasteiger partial charge >= 0.3 is 5.82 Å². The van der Waals surface area contributed by atoms with Gasteiger partial charge in [-0.1, -0.05) is 12.1 Å². The fraction of sp³-hybridized carbons (Fsp3) is 0. The predicted octanol–water partition coefficient (Wildman–Crippen LogP) is 1.38. The molecule has 0 fully saturated rings. The molecule has 0 unspecified atom stereocenters. The van der Waals surface area contributed by atoms with Gasteiger partial charge in [-0.15, -0.1) is 4.73 Å².